The van der Waals surface area contributed by atoms with Crippen molar-refractivity contribution in [2.24, 2.45) is 0 Å². The Balaban J connectivity index is 1.61. The quantitative estimate of drug-likeness (QED) is 0.840. The Morgan fingerprint density at radius 1 is 1.12 bits per heavy atom. The molecule has 0 N–H and O–H groups in total. The number of benzene rings is 1. The van der Waals surface area contributed by atoms with Crippen molar-refractivity contribution in [1.29, 1.82) is 0 Å². The van der Waals surface area contributed by atoms with Crippen LogP contribution >= 0.6 is 0 Å². The van der Waals surface area contributed by atoms with Crippen LogP contribution in [0.2, 0.25) is 0 Å². The standard InChI is InChI=1S/C20H22N2O3/c1-14-5-2-6-16(21-14)20(23)22-10-3-7-17(22)15-8-9-18-19(13-15)25-12-4-11-24-18/h2,5-6,8-9,13,17H,3-4,7,10-12H2,1H3/t17-/m1/s1. The Bertz CT molecular complexity index is 790. The molecule has 0 saturated carbocycles. The highest BCUT2D eigenvalue weighted by atomic mass is 16.5. The first-order valence-corrected chi connectivity index (χ1v) is 8.86. The molecule has 2 aliphatic rings. The van der Waals surface area contributed by atoms with E-state index in [1.165, 1.54) is 0 Å². The van der Waals surface area contributed by atoms with Gasteiger partial charge in [-0.15, -0.1) is 0 Å². The fraction of sp³-hybridized carbons (Fsp3) is 0.400. The molecular weight excluding hydrogens is 316 g/mol. The maximum Gasteiger partial charge on any atom is 0.272 e. The lowest BCUT2D eigenvalue weighted by Crippen LogP contribution is -2.31. The average Bonchev–Trinajstić information content (AvgIpc) is 2.99. The number of carbonyl (C=O) groups is 1. The molecule has 1 aromatic carbocycles. The topological polar surface area (TPSA) is 51.7 Å². The number of aromatic nitrogens is 1. The second-order valence-electron chi connectivity index (χ2n) is 6.58. The number of aryl methyl sites for hydroxylation is 1. The van der Waals surface area contributed by atoms with Gasteiger partial charge < -0.3 is 14.4 Å². The summed E-state index contributed by atoms with van der Waals surface area (Å²) in [6.07, 6.45) is 2.84. The van der Waals surface area contributed by atoms with Crippen LogP contribution in [0.15, 0.2) is 36.4 Å². The van der Waals surface area contributed by atoms with E-state index in [-0.39, 0.29) is 11.9 Å². The van der Waals surface area contributed by atoms with Crippen LogP contribution in [-0.4, -0.2) is 35.5 Å². The summed E-state index contributed by atoms with van der Waals surface area (Å²) in [6.45, 7) is 4.01. The fourth-order valence-corrected chi connectivity index (χ4v) is 3.55. The number of hydrogen-bond donors (Lipinski definition) is 0. The molecule has 5 heteroatoms. The first kappa shape index (κ1) is 15.9. The van der Waals surface area contributed by atoms with Gasteiger partial charge in [-0.1, -0.05) is 12.1 Å². The van der Waals surface area contributed by atoms with Crippen LogP contribution in [0.3, 0.4) is 0 Å². The third-order valence-corrected chi connectivity index (χ3v) is 4.78. The molecule has 130 valence electrons. The van der Waals surface area contributed by atoms with Crippen LogP contribution in [0.5, 0.6) is 11.5 Å². The summed E-state index contributed by atoms with van der Waals surface area (Å²) >= 11 is 0. The summed E-state index contributed by atoms with van der Waals surface area (Å²) < 4.78 is 11.5. The lowest BCUT2D eigenvalue weighted by molar-refractivity contribution is 0.0729. The zero-order valence-electron chi connectivity index (χ0n) is 14.4. The smallest absolute Gasteiger partial charge is 0.272 e. The second-order valence-corrected chi connectivity index (χ2v) is 6.58. The van der Waals surface area contributed by atoms with Crippen LogP contribution in [-0.2, 0) is 0 Å². The van der Waals surface area contributed by atoms with Gasteiger partial charge in [-0.05, 0) is 49.6 Å². The van der Waals surface area contributed by atoms with E-state index >= 15 is 0 Å². The number of rotatable bonds is 2. The van der Waals surface area contributed by atoms with Crippen LogP contribution in [0.4, 0.5) is 0 Å². The minimum atomic E-state index is -0.00156. The summed E-state index contributed by atoms with van der Waals surface area (Å²) in [5.74, 6) is 1.57. The van der Waals surface area contributed by atoms with E-state index in [9.17, 15) is 4.79 Å². The third-order valence-electron chi connectivity index (χ3n) is 4.78. The summed E-state index contributed by atoms with van der Waals surface area (Å²) in [5.41, 5.74) is 2.47. The van der Waals surface area contributed by atoms with Crippen molar-refractivity contribution in [3.8, 4) is 11.5 Å². The molecule has 1 atom stereocenters. The Morgan fingerprint density at radius 2 is 1.96 bits per heavy atom. The zero-order valence-corrected chi connectivity index (χ0v) is 14.4. The van der Waals surface area contributed by atoms with Crippen LogP contribution in [0, 0.1) is 6.92 Å². The monoisotopic (exact) mass is 338 g/mol. The predicted molar refractivity (Wildman–Crippen MR) is 94.0 cm³/mol. The highest BCUT2D eigenvalue weighted by molar-refractivity contribution is 5.92. The van der Waals surface area contributed by atoms with Crippen molar-refractivity contribution in [2.45, 2.75) is 32.2 Å². The van der Waals surface area contributed by atoms with E-state index < -0.39 is 0 Å². The minimum Gasteiger partial charge on any atom is -0.490 e. The Kier molecular flexibility index (Phi) is 4.30. The van der Waals surface area contributed by atoms with Crippen molar-refractivity contribution in [3.05, 3.63) is 53.3 Å². The van der Waals surface area contributed by atoms with E-state index in [2.05, 4.69) is 4.98 Å². The molecule has 0 radical (unpaired) electrons. The predicted octanol–water partition coefficient (Wildman–Crippen LogP) is 3.53. The van der Waals surface area contributed by atoms with E-state index in [1.54, 1.807) is 6.07 Å². The van der Waals surface area contributed by atoms with Gasteiger partial charge in [0.1, 0.15) is 5.69 Å². The minimum absolute atomic E-state index is 0.00156. The zero-order chi connectivity index (χ0) is 17.2. The molecule has 0 unspecified atom stereocenters. The molecule has 3 heterocycles. The Morgan fingerprint density at radius 3 is 2.80 bits per heavy atom. The molecule has 0 spiro atoms. The van der Waals surface area contributed by atoms with Gasteiger partial charge in [-0.2, -0.15) is 0 Å². The SMILES string of the molecule is Cc1cccc(C(=O)N2CCC[C@@H]2c2ccc3c(c2)OCCCO3)n1. The molecule has 5 nitrogen and oxygen atoms in total. The second kappa shape index (κ2) is 6.75. The molecule has 2 aliphatic heterocycles. The first-order valence-electron chi connectivity index (χ1n) is 8.86. The summed E-state index contributed by atoms with van der Waals surface area (Å²) in [6, 6.07) is 11.7. The molecule has 0 aliphatic carbocycles. The highest BCUT2D eigenvalue weighted by Gasteiger charge is 2.32. The van der Waals surface area contributed by atoms with E-state index in [0.717, 1.165) is 48.6 Å². The number of ether oxygens (including phenoxy) is 2. The normalized spacial score (nSPS) is 19.6. The average molecular weight is 338 g/mol. The molecule has 2 aromatic rings. The third kappa shape index (κ3) is 3.18. The fourth-order valence-electron chi connectivity index (χ4n) is 3.55. The van der Waals surface area contributed by atoms with Crippen molar-refractivity contribution >= 4 is 5.91 Å². The van der Waals surface area contributed by atoms with Crippen LogP contribution < -0.4 is 9.47 Å². The number of nitrogens with zero attached hydrogens (tertiary/aromatic N) is 2. The summed E-state index contributed by atoms with van der Waals surface area (Å²) in [4.78, 5) is 19.3. The van der Waals surface area contributed by atoms with Gasteiger partial charge in [0.2, 0.25) is 0 Å². The van der Waals surface area contributed by atoms with Gasteiger partial charge in [0.15, 0.2) is 11.5 Å². The molecule has 1 aromatic heterocycles. The molecular formula is C20H22N2O3. The molecule has 4 rings (SSSR count). The first-order chi connectivity index (χ1) is 12.2. The van der Waals surface area contributed by atoms with Gasteiger partial charge in [0.25, 0.3) is 5.91 Å². The number of hydrogen-bond acceptors (Lipinski definition) is 4. The highest BCUT2D eigenvalue weighted by Crippen LogP contribution is 2.38. The lowest BCUT2D eigenvalue weighted by atomic mass is 10.0. The Hall–Kier alpha value is -2.56. The molecule has 1 amide bonds. The number of likely N-dealkylation sites (tertiary alicyclic amines) is 1. The van der Waals surface area contributed by atoms with Gasteiger partial charge in [0.05, 0.1) is 19.3 Å². The van der Waals surface area contributed by atoms with Gasteiger partial charge >= 0.3 is 0 Å². The maximum absolute atomic E-state index is 12.9. The molecule has 1 fully saturated rings. The summed E-state index contributed by atoms with van der Waals surface area (Å²) in [5, 5.41) is 0. The maximum atomic E-state index is 12.9. The number of amides is 1. The van der Waals surface area contributed by atoms with Crippen molar-refractivity contribution in [2.75, 3.05) is 19.8 Å². The summed E-state index contributed by atoms with van der Waals surface area (Å²) in [7, 11) is 0. The molecule has 25 heavy (non-hydrogen) atoms. The van der Waals surface area contributed by atoms with Gasteiger partial charge in [-0.25, -0.2) is 4.98 Å². The van der Waals surface area contributed by atoms with E-state index in [1.807, 2.05) is 42.2 Å². The van der Waals surface area contributed by atoms with Crippen molar-refractivity contribution in [1.82, 2.24) is 9.88 Å². The van der Waals surface area contributed by atoms with Crippen molar-refractivity contribution in [3.63, 3.8) is 0 Å². The number of carbonyl (C=O) groups excluding carboxylic acids is 1. The van der Waals surface area contributed by atoms with E-state index in [0.29, 0.717) is 18.9 Å². The number of fused-ring (bicyclic) bond motifs is 1. The van der Waals surface area contributed by atoms with Crippen LogP contribution in [0.1, 0.15) is 47.1 Å². The van der Waals surface area contributed by atoms with Crippen LogP contribution in [0.25, 0.3) is 0 Å². The lowest BCUT2D eigenvalue weighted by Gasteiger charge is -2.25. The number of pyridine rings is 1. The van der Waals surface area contributed by atoms with Gasteiger partial charge in [-0.3, -0.25) is 4.79 Å². The van der Waals surface area contributed by atoms with E-state index in [4.69, 9.17) is 9.47 Å². The largest absolute Gasteiger partial charge is 0.490 e. The Labute approximate surface area is 147 Å². The van der Waals surface area contributed by atoms with Crippen molar-refractivity contribution < 1.29 is 14.3 Å². The molecule has 0 bridgehead atoms. The van der Waals surface area contributed by atoms with Gasteiger partial charge in [0, 0.05) is 18.7 Å². The molecule has 1 saturated heterocycles.